The maximum Gasteiger partial charge on any atom is 0.313 e. The Morgan fingerprint density at radius 3 is 2.69 bits per heavy atom. The summed E-state index contributed by atoms with van der Waals surface area (Å²) >= 11 is 0. The zero-order valence-corrected chi connectivity index (χ0v) is 8.60. The van der Waals surface area contributed by atoms with E-state index in [1.807, 2.05) is 0 Å². The van der Waals surface area contributed by atoms with E-state index >= 15 is 0 Å². The largest absolute Gasteiger partial charge is 0.504 e. The molecule has 1 N–H and O–H groups in total. The molecule has 1 aromatic rings. The Hall–Kier alpha value is -2.17. The molecule has 0 aliphatic carbocycles. The van der Waals surface area contributed by atoms with Gasteiger partial charge in [-0.15, -0.1) is 0 Å². The summed E-state index contributed by atoms with van der Waals surface area (Å²) in [7, 11) is 1.17. The lowest BCUT2D eigenvalue weighted by atomic mass is 10.1. The first-order chi connectivity index (χ1) is 7.54. The van der Waals surface area contributed by atoms with Crippen LogP contribution in [-0.4, -0.2) is 24.0 Å². The molecule has 0 aromatic heterocycles. The van der Waals surface area contributed by atoms with Crippen molar-refractivity contribution in [2.75, 3.05) is 7.11 Å². The minimum atomic E-state index is -0.673. The van der Waals surface area contributed by atoms with E-state index in [4.69, 9.17) is 5.11 Å². The Morgan fingerprint density at radius 1 is 1.38 bits per heavy atom. The number of rotatable bonds is 3. The molecule has 0 unspecified atom stereocenters. The van der Waals surface area contributed by atoms with E-state index in [1.165, 1.54) is 25.3 Å². The van der Waals surface area contributed by atoms with E-state index in [-0.39, 0.29) is 5.56 Å². The van der Waals surface area contributed by atoms with E-state index in [1.54, 1.807) is 0 Å². The Balaban J connectivity index is 3.02. The van der Waals surface area contributed by atoms with E-state index in [9.17, 15) is 14.4 Å². The number of ether oxygens (including phenoxy) is 1. The van der Waals surface area contributed by atoms with Crippen molar-refractivity contribution in [3.63, 3.8) is 0 Å². The van der Waals surface area contributed by atoms with Crippen LogP contribution < -0.4 is 5.43 Å². The van der Waals surface area contributed by atoms with Crippen LogP contribution in [0.3, 0.4) is 0 Å². The zero-order valence-electron chi connectivity index (χ0n) is 8.60. The van der Waals surface area contributed by atoms with Crippen molar-refractivity contribution >= 4 is 11.8 Å². The first-order valence-electron chi connectivity index (χ1n) is 4.48. The van der Waals surface area contributed by atoms with E-state index in [2.05, 4.69) is 4.74 Å². The molecule has 0 aliphatic rings. The number of hydrogen-bond donors (Lipinski definition) is 1. The third-order valence-electron chi connectivity index (χ3n) is 1.92. The van der Waals surface area contributed by atoms with Crippen molar-refractivity contribution in [1.29, 1.82) is 0 Å². The first kappa shape index (κ1) is 11.9. The highest BCUT2D eigenvalue weighted by molar-refractivity contribution is 6.05. The molecule has 0 saturated carbocycles. The van der Waals surface area contributed by atoms with Crippen molar-refractivity contribution in [1.82, 2.24) is 0 Å². The Bertz CT molecular complexity index is 478. The summed E-state index contributed by atoms with van der Waals surface area (Å²) in [6.45, 7) is 0. The monoisotopic (exact) mass is 222 g/mol. The fourth-order valence-corrected chi connectivity index (χ4v) is 1.07. The van der Waals surface area contributed by atoms with Gasteiger partial charge in [-0.05, 0) is 6.07 Å². The fraction of sp³-hybridized carbons (Fsp3) is 0.182. The molecule has 0 heterocycles. The van der Waals surface area contributed by atoms with Gasteiger partial charge in [-0.2, -0.15) is 0 Å². The molecular formula is C11H10O5. The summed E-state index contributed by atoms with van der Waals surface area (Å²) in [5, 5.41) is 9.10. The van der Waals surface area contributed by atoms with Gasteiger partial charge in [-0.25, -0.2) is 0 Å². The zero-order chi connectivity index (χ0) is 12.1. The van der Waals surface area contributed by atoms with Gasteiger partial charge in [-0.3, -0.25) is 14.4 Å². The van der Waals surface area contributed by atoms with Gasteiger partial charge in [0, 0.05) is 11.6 Å². The third-order valence-corrected chi connectivity index (χ3v) is 1.92. The number of hydrogen-bond acceptors (Lipinski definition) is 5. The SMILES string of the molecule is COC(=O)CC(=O)c1cccc(O)c(=O)c1. The van der Waals surface area contributed by atoms with Crippen molar-refractivity contribution < 1.29 is 19.4 Å². The molecule has 0 radical (unpaired) electrons. The first-order valence-corrected chi connectivity index (χ1v) is 4.48. The topological polar surface area (TPSA) is 80.7 Å². The lowest BCUT2D eigenvalue weighted by Crippen LogP contribution is -2.10. The lowest BCUT2D eigenvalue weighted by molar-refractivity contribution is -0.139. The summed E-state index contributed by atoms with van der Waals surface area (Å²) < 4.78 is 4.33. The maximum absolute atomic E-state index is 11.5. The van der Waals surface area contributed by atoms with Crippen LogP contribution in [0.25, 0.3) is 0 Å². The van der Waals surface area contributed by atoms with Gasteiger partial charge >= 0.3 is 5.97 Å². The summed E-state index contributed by atoms with van der Waals surface area (Å²) in [5.74, 6) is -1.65. The van der Waals surface area contributed by atoms with Crippen LogP contribution >= 0.6 is 0 Å². The van der Waals surface area contributed by atoms with Gasteiger partial charge < -0.3 is 9.84 Å². The van der Waals surface area contributed by atoms with E-state index in [0.717, 1.165) is 6.07 Å². The summed E-state index contributed by atoms with van der Waals surface area (Å²) in [6.07, 6.45) is -0.430. The highest BCUT2D eigenvalue weighted by atomic mass is 16.5. The molecule has 0 fully saturated rings. The van der Waals surface area contributed by atoms with Gasteiger partial charge in [0.15, 0.2) is 11.5 Å². The van der Waals surface area contributed by atoms with Gasteiger partial charge in [0.1, 0.15) is 6.42 Å². The number of aromatic hydroxyl groups is 1. The Morgan fingerprint density at radius 2 is 2.06 bits per heavy atom. The Labute approximate surface area is 91.3 Å². The van der Waals surface area contributed by atoms with E-state index in [0.29, 0.717) is 0 Å². The second kappa shape index (κ2) is 5.06. The molecule has 1 aromatic carbocycles. The molecular weight excluding hydrogens is 212 g/mol. The van der Waals surface area contributed by atoms with E-state index < -0.39 is 29.4 Å². The molecule has 5 heteroatoms. The van der Waals surface area contributed by atoms with Crippen molar-refractivity contribution in [3.8, 4) is 5.75 Å². The van der Waals surface area contributed by atoms with Crippen LogP contribution in [0.4, 0.5) is 0 Å². The van der Waals surface area contributed by atoms with Gasteiger partial charge in [-0.1, -0.05) is 12.1 Å². The van der Waals surface area contributed by atoms with Crippen molar-refractivity contribution in [2.24, 2.45) is 0 Å². The quantitative estimate of drug-likeness (QED) is 0.457. The average Bonchev–Trinajstić information content (AvgIpc) is 2.41. The number of esters is 1. The molecule has 5 nitrogen and oxygen atoms in total. The molecule has 0 atom stereocenters. The average molecular weight is 222 g/mol. The normalized spacial score (nSPS) is 9.56. The molecule has 16 heavy (non-hydrogen) atoms. The van der Waals surface area contributed by atoms with Gasteiger partial charge in [0.2, 0.25) is 5.43 Å². The minimum Gasteiger partial charge on any atom is -0.504 e. The molecule has 84 valence electrons. The van der Waals surface area contributed by atoms with Crippen molar-refractivity contribution in [2.45, 2.75) is 6.42 Å². The van der Waals surface area contributed by atoms with Gasteiger partial charge in [0.05, 0.1) is 7.11 Å². The van der Waals surface area contributed by atoms with Crippen molar-refractivity contribution in [3.05, 3.63) is 40.1 Å². The lowest BCUT2D eigenvalue weighted by Gasteiger charge is -1.96. The predicted octanol–water partition coefficient (Wildman–Crippen LogP) is 0.498. The van der Waals surface area contributed by atoms with Crippen LogP contribution in [0.15, 0.2) is 29.1 Å². The number of Topliss-reactive ketones (excluding diaryl/α,β-unsaturated/α-hetero) is 1. The molecule has 0 aliphatic heterocycles. The number of ketones is 1. The number of carbonyl (C=O) groups excluding carboxylic acids is 2. The second-order valence-electron chi connectivity index (χ2n) is 3.05. The molecule has 0 amide bonds. The van der Waals surface area contributed by atoms with Gasteiger partial charge in [0.25, 0.3) is 0 Å². The molecule has 1 rings (SSSR count). The molecule has 0 spiro atoms. The molecule has 0 bridgehead atoms. The van der Waals surface area contributed by atoms with Crippen LogP contribution in [0.5, 0.6) is 5.75 Å². The molecule has 0 saturated heterocycles. The van der Waals surface area contributed by atoms with Crippen LogP contribution in [0, 0.1) is 0 Å². The smallest absolute Gasteiger partial charge is 0.313 e. The van der Waals surface area contributed by atoms with Crippen LogP contribution in [0.1, 0.15) is 16.8 Å². The summed E-state index contributed by atoms with van der Waals surface area (Å²) in [6, 6.07) is 4.88. The highest BCUT2D eigenvalue weighted by Gasteiger charge is 2.12. The number of carbonyl (C=O) groups is 2. The Kier molecular flexibility index (Phi) is 3.77. The standard InChI is InChI=1S/C11H10O5/c1-16-11(15)6-9(13)7-3-2-4-8(12)10(14)5-7/h2-5H,6H2,1H3,(H,12,14). The minimum absolute atomic E-state index is 0.0655. The summed E-state index contributed by atoms with van der Waals surface area (Å²) in [4.78, 5) is 33.5. The van der Waals surface area contributed by atoms with Crippen LogP contribution in [0.2, 0.25) is 0 Å². The van der Waals surface area contributed by atoms with Crippen LogP contribution in [-0.2, 0) is 9.53 Å². The summed E-state index contributed by atoms with van der Waals surface area (Å²) in [5.41, 5.74) is -0.603. The maximum atomic E-state index is 11.5. The third kappa shape index (κ3) is 2.91. The number of methoxy groups -OCH3 is 1. The highest BCUT2D eigenvalue weighted by Crippen LogP contribution is 2.04. The predicted molar refractivity (Wildman–Crippen MR) is 55.3 cm³/mol. The second-order valence-corrected chi connectivity index (χ2v) is 3.05. The fourth-order valence-electron chi connectivity index (χ4n) is 1.07.